The number of nitrogens with one attached hydrogen (secondary N) is 2. The molecule has 4 nitrogen and oxygen atoms in total. The number of benzene rings is 2. The van der Waals surface area contributed by atoms with Crippen LogP contribution in [-0.2, 0) is 0 Å². The van der Waals surface area contributed by atoms with E-state index in [0.29, 0.717) is 27.8 Å². The number of anilines is 3. The van der Waals surface area contributed by atoms with Crippen LogP contribution in [0, 0.1) is 5.82 Å². The molecule has 3 rings (SSSR count). The molecule has 126 valence electrons. The zero-order chi connectivity index (χ0) is 17.8. The number of amides is 1. The summed E-state index contributed by atoms with van der Waals surface area (Å²) in [7, 11) is 0. The van der Waals surface area contributed by atoms with E-state index in [2.05, 4.69) is 15.6 Å². The molecule has 0 radical (unpaired) electrons. The molecule has 0 unspecified atom stereocenters. The highest BCUT2D eigenvalue weighted by Gasteiger charge is 2.13. The minimum absolute atomic E-state index is 0.0224. The summed E-state index contributed by atoms with van der Waals surface area (Å²) in [6.07, 6.45) is 1.55. The molecule has 0 aliphatic rings. The number of nitrogens with zero attached hydrogens (tertiary/aromatic N) is 1. The quantitative estimate of drug-likeness (QED) is 0.630. The zero-order valence-corrected chi connectivity index (χ0v) is 14.3. The summed E-state index contributed by atoms with van der Waals surface area (Å²) in [6.45, 7) is 0. The molecule has 0 saturated heterocycles. The molecule has 0 fully saturated rings. The van der Waals surface area contributed by atoms with Gasteiger partial charge in [-0.2, -0.15) is 0 Å². The number of hydrogen-bond acceptors (Lipinski definition) is 3. The van der Waals surface area contributed by atoms with E-state index < -0.39 is 5.82 Å². The van der Waals surface area contributed by atoms with Gasteiger partial charge in [-0.1, -0.05) is 29.3 Å². The lowest BCUT2D eigenvalue weighted by molar-refractivity contribution is 0.102. The number of pyridine rings is 1. The van der Waals surface area contributed by atoms with Crippen molar-refractivity contribution in [1.82, 2.24) is 4.98 Å². The first-order chi connectivity index (χ1) is 12.0. The summed E-state index contributed by atoms with van der Waals surface area (Å²) in [6, 6.07) is 14.3. The number of rotatable bonds is 4. The minimum Gasteiger partial charge on any atom is -0.340 e. The van der Waals surface area contributed by atoms with Gasteiger partial charge in [0.2, 0.25) is 0 Å². The van der Waals surface area contributed by atoms with Crippen molar-refractivity contribution >= 4 is 46.3 Å². The SMILES string of the molecule is O=C(Nc1cccc(Cl)c1)c1cccnc1Nc1ccc(F)c(Cl)c1. The van der Waals surface area contributed by atoms with Crippen LogP contribution in [0.5, 0.6) is 0 Å². The standard InChI is InChI=1S/C18H12Cl2FN3O/c19-11-3-1-4-12(9-11)24-18(25)14-5-2-8-22-17(14)23-13-6-7-16(21)15(20)10-13/h1-10H,(H,22,23)(H,24,25). The van der Waals surface area contributed by atoms with Gasteiger partial charge < -0.3 is 10.6 Å². The number of halogens is 3. The molecule has 7 heteroatoms. The molecule has 0 aliphatic carbocycles. The van der Waals surface area contributed by atoms with Crippen LogP contribution >= 0.6 is 23.2 Å². The van der Waals surface area contributed by atoms with Crippen LogP contribution in [0.3, 0.4) is 0 Å². The molecular formula is C18H12Cl2FN3O. The van der Waals surface area contributed by atoms with Gasteiger partial charge in [-0.15, -0.1) is 0 Å². The molecule has 0 saturated carbocycles. The van der Waals surface area contributed by atoms with Crippen molar-refractivity contribution in [3.05, 3.63) is 82.2 Å². The van der Waals surface area contributed by atoms with Crippen LogP contribution in [-0.4, -0.2) is 10.9 Å². The smallest absolute Gasteiger partial charge is 0.259 e. The summed E-state index contributed by atoms with van der Waals surface area (Å²) in [5.41, 5.74) is 1.40. The minimum atomic E-state index is -0.521. The Bertz CT molecular complexity index is 934. The fourth-order valence-corrected chi connectivity index (χ4v) is 2.53. The number of hydrogen-bond donors (Lipinski definition) is 2. The van der Waals surface area contributed by atoms with Crippen molar-refractivity contribution in [2.45, 2.75) is 0 Å². The Labute approximate surface area is 153 Å². The first kappa shape index (κ1) is 17.2. The largest absolute Gasteiger partial charge is 0.340 e. The van der Waals surface area contributed by atoms with E-state index in [9.17, 15) is 9.18 Å². The molecular weight excluding hydrogens is 364 g/mol. The van der Waals surface area contributed by atoms with E-state index in [0.717, 1.165) is 0 Å². The second-order valence-electron chi connectivity index (χ2n) is 5.12. The first-order valence-corrected chi connectivity index (χ1v) is 8.02. The molecule has 0 bridgehead atoms. The molecule has 1 aromatic heterocycles. The van der Waals surface area contributed by atoms with Crippen molar-refractivity contribution < 1.29 is 9.18 Å². The lowest BCUT2D eigenvalue weighted by Crippen LogP contribution is -2.14. The van der Waals surface area contributed by atoms with Gasteiger partial charge in [-0.3, -0.25) is 4.79 Å². The predicted octanol–water partition coefficient (Wildman–Crippen LogP) is 5.52. The molecule has 2 aromatic carbocycles. The highest BCUT2D eigenvalue weighted by atomic mass is 35.5. The van der Waals surface area contributed by atoms with Gasteiger partial charge in [-0.25, -0.2) is 9.37 Å². The lowest BCUT2D eigenvalue weighted by Gasteiger charge is -2.12. The van der Waals surface area contributed by atoms with E-state index in [1.165, 1.54) is 18.2 Å². The molecule has 0 spiro atoms. The predicted molar refractivity (Wildman–Crippen MR) is 98.3 cm³/mol. The van der Waals surface area contributed by atoms with Crippen molar-refractivity contribution in [2.24, 2.45) is 0 Å². The Hall–Kier alpha value is -2.63. The molecule has 1 amide bonds. The number of carbonyl (C=O) groups excluding carboxylic acids is 1. The maximum Gasteiger partial charge on any atom is 0.259 e. The van der Waals surface area contributed by atoms with Gasteiger partial charge in [0.15, 0.2) is 0 Å². The molecule has 25 heavy (non-hydrogen) atoms. The Morgan fingerprint density at radius 3 is 2.60 bits per heavy atom. The fourth-order valence-electron chi connectivity index (χ4n) is 2.16. The molecule has 0 atom stereocenters. The Kier molecular flexibility index (Phi) is 5.16. The van der Waals surface area contributed by atoms with Gasteiger partial charge in [0, 0.05) is 22.6 Å². The second kappa shape index (κ2) is 7.51. The number of carbonyl (C=O) groups is 1. The van der Waals surface area contributed by atoms with E-state index in [1.807, 2.05) is 0 Å². The zero-order valence-electron chi connectivity index (χ0n) is 12.8. The van der Waals surface area contributed by atoms with Crippen LogP contribution in [0.15, 0.2) is 60.8 Å². The molecule has 0 aliphatic heterocycles. The van der Waals surface area contributed by atoms with Crippen molar-refractivity contribution in [2.75, 3.05) is 10.6 Å². The van der Waals surface area contributed by atoms with Crippen molar-refractivity contribution in [1.29, 1.82) is 0 Å². The maximum atomic E-state index is 13.3. The van der Waals surface area contributed by atoms with E-state index in [4.69, 9.17) is 23.2 Å². The summed E-state index contributed by atoms with van der Waals surface area (Å²) in [5, 5.41) is 6.22. The first-order valence-electron chi connectivity index (χ1n) is 7.27. The highest BCUT2D eigenvalue weighted by Crippen LogP contribution is 2.24. The normalized spacial score (nSPS) is 10.4. The molecule has 3 aromatic rings. The molecule has 1 heterocycles. The average molecular weight is 376 g/mol. The summed E-state index contributed by atoms with van der Waals surface area (Å²) < 4.78 is 13.3. The monoisotopic (exact) mass is 375 g/mol. The summed E-state index contributed by atoms with van der Waals surface area (Å²) in [5.74, 6) is -0.553. The van der Waals surface area contributed by atoms with E-state index in [1.54, 1.807) is 42.6 Å². The summed E-state index contributed by atoms with van der Waals surface area (Å²) >= 11 is 11.7. The van der Waals surface area contributed by atoms with Crippen LogP contribution in [0.25, 0.3) is 0 Å². The lowest BCUT2D eigenvalue weighted by atomic mass is 10.2. The summed E-state index contributed by atoms with van der Waals surface area (Å²) in [4.78, 5) is 16.7. The van der Waals surface area contributed by atoms with Gasteiger partial charge >= 0.3 is 0 Å². The third-order valence-electron chi connectivity index (χ3n) is 3.32. The maximum absolute atomic E-state index is 13.3. The van der Waals surface area contributed by atoms with Crippen LogP contribution in [0.2, 0.25) is 10.0 Å². The van der Waals surface area contributed by atoms with Crippen molar-refractivity contribution in [3.63, 3.8) is 0 Å². The fraction of sp³-hybridized carbons (Fsp3) is 0. The Morgan fingerprint density at radius 2 is 1.84 bits per heavy atom. The van der Waals surface area contributed by atoms with Crippen LogP contribution in [0.4, 0.5) is 21.6 Å². The van der Waals surface area contributed by atoms with Crippen molar-refractivity contribution in [3.8, 4) is 0 Å². The average Bonchev–Trinajstić information content (AvgIpc) is 2.58. The second-order valence-corrected chi connectivity index (χ2v) is 5.96. The Balaban J connectivity index is 1.85. The third kappa shape index (κ3) is 4.26. The highest BCUT2D eigenvalue weighted by molar-refractivity contribution is 6.31. The van der Waals surface area contributed by atoms with Gasteiger partial charge in [-0.05, 0) is 48.5 Å². The van der Waals surface area contributed by atoms with Crippen LogP contribution < -0.4 is 10.6 Å². The van der Waals surface area contributed by atoms with E-state index in [-0.39, 0.29) is 10.9 Å². The third-order valence-corrected chi connectivity index (χ3v) is 3.84. The van der Waals surface area contributed by atoms with Gasteiger partial charge in [0.1, 0.15) is 11.6 Å². The number of aromatic nitrogens is 1. The van der Waals surface area contributed by atoms with E-state index >= 15 is 0 Å². The molecule has 2 N–H and O–H groups in total. The van der Waals surface area contributed by atoms with Crippen LogP contribution in [0.1, 0.15) is 10.4 Å². The van der Waals surface area contributed by atoms with Gasteiger partial charge in [0.25, 0.3) is 5.91 Å². The Morgan fingerprint density at radius 1 is 1.00 bits per heavy atom. The topological polar surface area (TPSA) is 54.0 Å². The van der Waals surface area contributed by atoms with Gasteiger partial charge in [0.05, 0.1) is 10.6 Å².